The molecule has 1 rings (SSSR count). The average molecular weight is 237 g/mol. The van der Waals surface area contributed by atoms with E-state index in [0.717, 1.165) is 22.4 Å². The van der Waals surface area contributed by atoms with Gasteiger partial charge >= 0.3 is 5.97 Å². The minimum atomic E-state index is -0.900. The molecule has 94 valence electrons. The molecule has 1 aromatic carbocycles. The van der Waals surface area contributed by atoms with Gasteiger partial charge in [-0.25, -0.2) is 0 Å². The van der Waals surface area contributed by atoms with Crippen molar-refractivity contribution in [3.8, 4) is 5.75 Å². The summed E-state index contributed by atoms with van der Waals surface area (Å²) < 4.78 is 5.22. The predicted octanol–water partition coefficient (Wildman–Crippen LogP) is 1.96. The second-order valence-corrected chi connectivity index (χ2v) is 4.55. The van der Waals surface area contributed by atoms with Crippen LogP contribution in [0, 0.1) is 13.8 Å². The molecule has 0 heterocycles. The number of nitrogens with two attached hydrogens (primary N) is 1. The molecule has 0 aliphatic rings. The SMILES string of the molecule is COc1ccc(C(C)(N)CC(=O)O)c(C)c1C. The summed E-state index contributed by atoms with van der Waals surface area (Å²) in [5, 5.41) is 8.87. The first-order chi connectivity index (χ1) is 7.79. The van der Waals surface area contributed by atoms with Gasteiger partial charge in [-0.15, -0.1) is 0 Å². The van der Waals surface area contributed by atoms with E-state index in [2.05, 4.69) is 0 Å². The fourth-order valence-corrected chi connectivity index (χ4v) is 2.05. The number of benzene rings is 1. The van der Waals surface area contributed by atoms with Crippen molar-refractivity contribution < 1.29 is 14.6 Å². The molecule has 1 atom stereocenters. The maximum atomic E-state index is 10.8. The van der Waals surface area contributed by atoms with Crippen molar-refractivity contribution in [3.63, 3.8) is 0 Å². The zero-order valence-corrected chi connectivity index (χ0v) is 10.7. The number of carbonyl (C=O) groups is 1. The lowest BCUT2D eigenvalue weighted by Crippen LogP contribution is -2.36. The number of ether oxygens (including phenoxy) is 1. The highest BCUT2D eigenvalue weighted by Crippen LogP contribution is 2.31. The van der Waals surface area contributed by atoms with E-state index >= 15 is 0 Å². The first-order valence-electron chi connectivity index (χ1n) is 5.45. The molecule has 4 nitrogen and oxygen atoms in total. The molecule has 0 saturated carbocycles. The van der Waals surface area contributed by atoms with Gasteiger partial charge in [0.15, 0.2) is 0 Å². The van der Waals surface area contributed by atoms with Crippen LogP contribution in [0.5, 0.6) is 5.75 Å². The molecule has 3 N–H and O–H groups in total. The molecular formula is C13H19NO3. The van der Waals surface area contributed by atoms with Crippen molar-refractivity contribution in [1.82, 2.24) is 0 Å². The molecule has 0 radical (unpaired) electrons. The van der Waals surface area contributed by atoms with E-state index in [1.165, 1.54) is 0 Å². The van der Waals surface area contributed by atoms with E-state index in [1.54, 1.807) is 14.0 Å². The van der Waals surface area contributed by atoms with Crippen LogP contribution in [0.1, 0.15) is 30.0 Å². The van der Waals surface area contributed by atoms with Crippen LogP contribution in [-0.4, -0.2) is 18.2 Å². The maximum Gasteiger partial charge on any atom is 0.305 e. The third-order valence-electron chi connectivity index (χ3n) is 3.09. The Morgan fingerprint density at radius 1 is 1.41 bits per heavy atom. The van der Waals surface area contributed by atoms with Gasteiger partial charge in [0.1, 0.15) is 5.75 Å². The summed E-state index contributed by atoms with van der Waals surface area (Å²) in [6.07, 6.45) is -0.0976. The Bertz CT molecular complexity index is 439. The van der Waals surface area contributed by atoms with Gasteiger partial charge in [-0.05, 0) is 43.5 Å². The van der Waals surface area contributed by atoms with E-state index in [1.807, 2.05) is 26.0 Å². The molecule has 1 unspecified atom stereocenters. The van der Waals surface area contributed by atoms with Gasteiger partial charge in [-0.2, -0.15) is 0 Å². The van der Waals surface area contributed by atoms with Gasteiger partial charge in [0.05, 0.1) is 13.5 Å². The second kappa shape index (κ2) is 4.75. The Morgan fingerprint density at radius 3 is 2.47 bits per heavy atom. The fraction of sp³-hybridized carbons (Fsp3) is 0.462. The summed E-state index contributed by atoms with van der Waals surface area (Å²) in [5.41, 5.74) is 8.03. The topological polar surface area (TPSA) is 72.5 Å². The fourth-order valence-electron chi connectivity index (χ4n) is 2.05. The van der Waals surface area contributed by atoms with Crippen molar-refractivity contribution >= 4 is 5.97 Å². The van der Waals surface area contributed by atoms with Crippen molar-refractivity contribution in [2.75, 3.05) is 7.11 Å². The Kier molecular flexibility index (Phi) is 3.78. The smallest absolute Gasteiger partial charge is 0.305 e. The summed E-state index contributed by atoms with van der Waals surface area (Å²) in [6.45, 7) is 5.60. The lowest BCUT2D eigenvalue weighted by Gasteiger charge is -2.26. The first-order valence-corrected chi connectivity index (χ1v) is 5.45. The van der Waals surface area contributed by atoms with Crippen molar-refractivity contribution in [3.05, 3.63) is 28.8 Å². The van der Waals surface area contributed by atoms with Crippen LogP contribution in [0.15, 0.2) is 12.1 Å². The lowest BCUT2D eigenvalue weighted by atomic mass is 9.85. The third kappa shape index (κ3) is 2.77. The summed E-state index contributed by atoms with van der Waals surface area (Å²) in [6, 6.07) is 3.66. The number of carboxylic acids is 1. The Morgan fingerprint density at radius 2 is 2.00 bits per heavy atom. The summed E-state index contributed by atoms with van der Waals surface area (Å²) in [5.74, 6) is -0.111. The Balaban J connectivity index is 3.24. The van der Waals surface area contributed by atoms with Crippen molar-refractivity contribution in [2.24, 2.45) is 5.73 Å². The largest absolute Gasteiger partial charge is 0.496 e. The highest BCUT2D eigenvalue weighted by molar-refractivity contribution is 5.69. The molecule has 0 fully saturated rings. The van der Waals surface area contributed by atoms with Gasteiger partial charge < -0.3 is 15.6 Å². The van der Waals surface area contributed by atoms with Gasteiger partial charge in [-0.3, -0.25) is 4.79 Å². The summed E-state index contributed by atoms with van der Waals surface area (Å²) >= 11 is 0. The molecule has 17 heavy (non-hydrogen) atoms. The third-order valence-corrected chi connectivity index (χ3v) is 3.09. The van der Waals surface area contributed by atoms with Gasteiger partial charge in [0, 0.05) is 5.54 Å². The second-order valence-electron chi connectivity index (χ2n) is 4.55. The molecule has 0 spiro atoms. The molecule has 0 aromatic heterocycles. The van der Waals surface area contributed by atoms with Crippen LogP contribution in [0.4, 0.5) is 0 Å². The number of aliphatic carboxylic acids is 1. The number of rotatable bonds is 4. The van der Waals surface area contributed by atoms with E-state index < -0.39 is 11.5 Å². The zero-order chi connectivity index (χ0) is 13.2. The van der Waals surface area contributed by atoms with Crippen LogP contribution >= 0.6 is 0 Å². The number of carboxylic acid groups (broad SMARTS) is 1. The normalized spacial score (nSPS) is 14.2. The van der Waals surface area contributed by atoms with Crippen LogP contribution in [0.25, 0.3) is 0 Å². The standard InChI is InChI=1S/C13H19NO3/c1-8-9(2)11(17-4)6-5-10(8)13(3,14)7-12(15)16/h5-6H,7,14H2,1-4H3,(H,15,16). The van der Waals surface area contributed by atoms with Gasteiger partial charge in [-0.1, -0.05) is 6.07 Å². The number of hydrogen-bond acceptors (Lipinski definition) is 3. The molecule has 4 heteroatoms. The number of methoxy groups -OCH3 is 1. The Labute approximate surface area is 101 Å². The van der Waals surface area contributed by atoms with E-state index in [9.17, 15) is 4.79 Å². The van der Waals surface area contributed by atoms with E-state index in [4.69, 9.17) is 15.6 Å². The molecule has 0 aliphatic carbocycles. The minimum absolute atomic E-state index is 0.0976. The monoisotopic (exact) mass is 237 g/mol. The zero-order valence-electron chi connectivity index (χ0n) is 10.7. The highest BCUT2D eigenvalue weighted by Gasteiger charge is 2.27. The summed E-state index contributed by atoms with van der Waals surface area (Å²) in [7, 11) is 1.61. The lowest BCUT2D eigenvalue weighted by molar-refractivity contribution is -0.138. The minimum Gasteiger partial charge on any atom is -0.496 e. The van der Waals surface area contributed by atoms with Crippen LogP contribution < -0.4 is 10.5 Å². The molecule has 0 saturated heterocycles. The number of hydrogen-bond donors (Lipinski definition) is 2. The van der Waals surface area contributed by atoms with Crippen molar-refractivity contribution in [1.29, 1.82) is 0 Å². The molecule has 1 aromatic rings. The molecule has 0 aliphatic heterocycles. The summed E-state index contributed by atoms with van der Waals surface area (Å²) in [4.78, 5) is 10.8. The predicted molar refractivity (Wildman–Crippen MR) is 66.3 cm³/mol. The van der Waals surface area contributed by atoms with Crippen LogP contribution in [0.2, 0.25) is 0 Å². The molecule has 0 amide bonds. The molecule has 0 bridgehead atoms. The van der Waals surface area contributed by atoms with Crippen LogP contribution in [-0.2, 0) is 10.3 Å². The Hall–Kier alpha value is -1.55. The van der Waals surface area contributed by atoms with E-state index in [-0.39, 0.29) is 6.42 Å². The van der Waals surface area contributed by atoms with E-state index in [0.29, 0.717) is 0 Å². The quantitative estimate of drug-likeness (QED) is 0.839. The van der Waals surface area contributed by atoms with Crippen LogP contribution in [0.3, 0.4) is 0 Å². The molecular weight excluding hydrogens is 218 g/mol. The average Bonchev–Trinajstić information content (AvgIpc) is 2.19. The van der Waals surface area contributed by atoms with Gasteiger partial charge in [0.2, 0.25) is 0 Å². The highest BCUT2D eigenvalue weighted by atomic mass is 16.5. The maximum absolute atomic E-state index is 10.8. The van der Waals surface area contributed by atoms with Gasteiger partial charge in [0.25, 0.3) is 0 Å². The first kappa shape index (κ1) is 13.5. The van der Waals surface area contributed by atoms with Crippen molar-refractivity contribution in [2.45, 2.75) is 32.7 Å².